The number of aliphatic imine (C=N–C) groups is 1. The van der Waals surface area contributed by atoms with Gasteiger partial charge in [0, 0.05) is 10.7 Å². The lowest BCUT2D eigenvalue weighted by atomic mass is 10.2. The first-order chi connectivity index (χ1) is 9.67. The Morgan fingerprint density at radius 3 is 2.40 bits per heavy atom. The molecule has 0 saturated carbocycles. The van der Waals surface area contributed by atoms with Crippen LogP contribution in [0.15, 0.2) is 53.5 Å². The van der Waals surface area contributed by atoms with Gasteiger partial charge in [-0.15, -0.1) is 0 Å². The predicted molar refractivity (Wildman–Crippen MR) is 83.4 cm³/mol. The Morgan fingerprint density at radius 1 is 1.15 bits per heavy atom. The lowest BCUT2D eigenvalue weighted by Gasteiger charge is -2.06. The molecule has 0 fully saturated rings. The van der Waals surface area contributed by atoms with Gasteiger partial charge in [-0.05, 0) is 42.0 Å². The van der Waals surface area contributed by atoms with Crippen LogP contribution in [0.3, 0.4) is 0 Å². The van der Waals surface area contributed by atoms with Crippen molar-refractivity contribution in [2.24, 2.45) is 10.7 Å². The number of hydrogen-bond acceptors (Lipinski definition) is 2. The van der Waals surface area contributed by atoms with Crippen LogP contribution in [0.5, 0.6) is 5.75 Å². The summed E-state index contributed by atoms with van der Waals surface area (Å²) in [6.07, 6.45) is 0. The molecule has 2 rings (SSSR count). The third-order valence-corrected chi connectivity index (χ3v) is 2.96. The van der Waals surface area contributed by atoms with E-state index in [-0.39, 0.29) is 0 Å². The molecule has 0 saturated heterocycles. The topological polar surface area (TPSA) is 59.6 Å². The Labute approximate surface area is 123 Å². The minimum atomic E-state index is 0.366. The number of nitrogens with zero attached hydrogens (tertiary/aromatic N) is 1. The number of halogens is 1. The molecular weight excluding hydrogens is 274 g/mol. The maximum absolute atomic E-state index is 5.84. The van der Waals surface area contributed by atoms with Crippen molar-refractivity contribution in [1.82, 2.24) is 0 Å². The summed E-state index contributed by atoms with van der Waals surface area (Å²) in [5.74, 6) is 1.16. The van der Waals surface area contributed by atoms with Crippen molar-refractivity contribution in [2.45, 2.75) is 6.54 Å². The van der Waals surface area contributed by atoms with E-state index in [0.717, 1.165) is 17.0 Å². The zero-order valence-corrected chi connectivity index (χ0v) is 11.9. The van der Waals surface area contributed by atoms with Gasteiger partial charge in [-0.2, -0.15) is 0 Å². The van der Waals surface area contributed by atoms with Crippen molar-refractivity contribution >= 4 is 23.2 Å². The number of nitrogens with two attached hydrogens (primary N) is 1. The third-order valence-electron chi connectivity index (χ3n) is 2.71. The Balaban J connectivity index is 1.94. The van der Waals surface area contributed by atoms with Crippen LogP contribution in [-0.2, 0) is 6.54 Å². The molecule has 0 amide bonds. The molecule has 2 aromatic carbocycles. The van der Waals surface area contributed by atoms with Gasteiger partial charge in [0.1, 0.15) is 5.75 Å². The highest BCUT2D eigenvalue weighted by atomic mass is 35.5. The standard InChI is InChI=1S/C15H16ClN3O/c1-20-14-8-6-13(7-9-14)19-15(17)18-10-11-2-4-12(16)5-3-11/h2-9H,10H2,1H3,(H3,17,18,19). The van der Waals surface area contributed by atoms with Crippen LogP contribution in [0.1, 0.15) is 5.56 Å². The Morgan fingerprint density at radius 2 is 1.80 bits per heavy atom. The van der Waals surface area contributed by atoms with Crippen molar-refractivity contribution in [3.05, 3.63) is 59.1 Å². The quantitative estimate of drug-likeness (QED) is 0.671. The molecule has 2 aromatic rings. The fourth-order valence-electron chi connectivity index (χ4n) is 1.63. The van der Waals surface area contributed by atoms with Gasteiger partial charge in [0.05, 0.1) is 13.7 Å². The van der Waals surface area contributed by atoms with Crippen LogP contribution in [0.4, 0.5) is 5.69 Å². The smallest absolute Gasteiger partial charge is 0.193 e. The molecule has 0 aliphatic carbocycles. The maximum Gasteiger partial charge on any atom is 0.193 e. The van der Waals surface area contributed by atoms with Crippen LogP contribution in [-0.4, -0.2) is 13.1 Å². The van der Waals surface area contributed by atoms with Crippen molar-refractivity contribution < 1.29 is 4.74 Å². The van der Waals surface area contributed by atoms with Crippen LogP contribution < -0.4 is 15.8 Å². The third kappa shape index (κ3) is 4.17. The van der Waals surface area contributed by atoms with E-state index in [1.165, 1.54) is 0 Å². The van der Waals surface area contributed by atoms with Crippen LogP contribution in [0.2, 0.25) is 5.02 Å². The average molecular weight is 290 g/mol. The van der Waals surface area contributed by atoms with Gasteiger partial charge >= 0.3 is 0 Å². The molecule has 0 radical (unpaired) electrons. The molecule has 0 heterocycles. The van der Waals surface area contributed by atoms with E-state index >= 15 is 0 Å². The molecule has 0 unspecified atom stereocenters. The first kappa shape index (κ1) is 14.2. The molecule has 4 nitrogen and oxygen atoms in total. The summed E-state index contributed by atoms with van der Waals surface area (Å²) in [5, 5.41) is 3.73. The number of benzene rings is 2. The highest BCUT2D eigenvalue weighted by Gasteiger charge is 1.97. The summed E-state index contributed by atoms with van der Waals surface area (Å²) in [5.41, 5.74) is 7.75. The highest BCUT2D eigenvalue weighted by molar-refractivity contribution is 6.30. The second-order valence-electron chi connectivity index (χ2n) is 4.18. The second kappa shape index (κ2) is 6.82. The summed E-state index contributed by atoms with van der Waals surface area (Å²) in [7, 11) is 1.63. The molecule has 0 aromatic heterocycles. The molecule has 0 atom stereocenters. The fourth-order valence-corrected chi connectivity index (χ4v) is 1.75. The first-order valence-corrected chi connectivity index (χ1v) is 6.50. The summed E-state index contributed by atoms with van der Waals surface area (Å²) < 4.78 is 5.09. The largest absolute Gasteiger partial charge is 0.497 e. The van der Waals surface area contributed by atoms with Gasteiger partial charge in [-0.3, -0.25) is 0 Å². The number of rotatable bonds is 4. The lowest BCUT2D eigenvalue weighted by Crippen LogP contribution is -2.22. The van der Waals surface area contributed by atoms with Gasteiger partial charge in [0.15, 0.2) is 5.96 Å². The maximum atomic E-state index is 5.84. The molecule has 5 heteroatoms. The van der Waals surface area contributed by atoms with E-state index < -0.39 is 0 Å². The fraction of sp³-hybridized carbons (Fsp3) is 0.133. The molecule has 104 valence electrons. The zero-order chi connectivity index (χ0) is 14.4. The van der Waals surface area contributed by atoms with Crippen molar-refractivity contribution in [2.75, 3.05) is 12.4 Å². The predicted octanol–water partition coefficient (Wildman–Crippen LogP) is 3.28. The van der Waals surface area contributed by atoms with E-state index in [2.05, 4.69) is 10.3 Å². The number of hydrogen-bond donors (Lipinski definition) is 2. The zero-order valence-electron chi connectivity index (χ0n) is 11.1. The van der Waals surface area contributed by atoms with E-state index in [0.29, 0.717) is 17.5 Å². The highest BCUT2D eigenvalue weighted by Crippen LogP contribution is 2.15. The lowest BCUT2D eigenvalue weighted by molar-refractivity contribution is 0.415. The molecule has 3 N–H and O–H groups in total. The number of anilines is 1. The van der Waals surface area contributed by atoms with Gasteiger partial charge < -0.3 is 15.8 Å². The van der Waals surface area contributed by atoms with Crippen LogP contribution in [0.25, 0.3) is 0 Å². The first-order valence-electron chi connectivity index (χ1n) is 6.13. The molecule has 0 aliphatic heterocycles. The summed E-state index contributed by atoms with van der Waals surface area (Å²) >= 11 is 5.82. The minimum absolute atomic E-state index is 0.366. The van der Waals surface area contributed by atoms with E-state index in [1.807, 2.05) is 48.5 Å². The summed E-state index contributed by atoms with van der Waals surface area (Å²) in [6, 6.07) is 15.0. The molecule has 20 heavy (non-hydrogen) atoms. The van der Waals surface area contributed by atoms with Gasteiger partial charge in [0.25, 0.3) is 0 Å². The van der Waals surface area contributed by atoms with Gasteiger partial charge in [0.2, 0.25) is 0 Å². The van der Waals surface area contributed by atoms with Crippen molar-refractivity contribution in [1.29, 1.82) is 0 Å². The average Bonchev–Trinajstić information content (AvgIpc) is 2.47. The summed E-state index contributed by atoms with van der Waals surface area (Å²) in [4.78, 5) is 4.27. The summed E-state index contributed by atoms with van der Waals surface area (Å²) in [6.45, 7) is 0.506. The number of guanidine groups is 1. The molecule has 0 spiro atoms. The SMILES string of the molecule is COc1ccc(NC(N)=NCc2ccc(Cl)cc2)cc1. The monoisotopic (exact) mass is 289 g/mol. The minimum Gasteiger partial charge on any atom is -0.497 e. The second-order valence-corrected chi connectivity index (χ2v) is 4.62. The van der Waals surface area contributed by atoms with E-state index in [4.69, 9.17) is 22.1 Å². The van der Waals surface area contributed by atoms with E-state index in [9.17, 15) is 0 Å². The Hall–Kier alpha value is -2.20. The number of methoxy groups -OCH3 is 1. The molecule has 0 bridgehead atoms. The van der Waals surface area contributed by atoms with Crippen molar-refractivity contribution in [3.63, 3.8) is 0 Å². The van der Waals surface area contributed by atoms with Crippen LogP contribution in [0, 0.1) is 0 Å². The molecular formula is C15H16ClN3O. The van der Waals surface area contributed by atoms with E-state index in [1.54, 1.807) is 7.11 Å². The Kier molecular flexibility index (Phi) is 4.85. The Bertz CT molecular complexity index is 579. The van der Waals surface area contributed by atoms with Gasteiger partial charge in [-0.25, -0.2) is 4.99 Å². The van der Waals surface area contributed by atoms with Gasteiger partial charge in [-0.1, -0.05) is 23.7 Å². The number of nitrogens with one attached hydrogen (secondary N) is 1. The van der Waals surface area contributed by atoms with Crippen LogP contribution >= 0.6 is 11.6 Å². The molecule has 0 aliphatic rings. The number of ether oxygens (including phenoxy) is 1. The van der Waals surface area contributed by atoms with Crippen molar-refractivity contribution in [3.8, 4) is 5.75 Å². The normalized spacial score (nSPS) is 11.2.